The molecule has 4 rings (SSSR count). The van der Waals surface area contributed by atoms with Gasteiger partial charge in [0.2, 0.25) is 0 Å². The van der Waals surface area contributed by atoms with Gasteiger partial charge in [0.05, 0.1) is 0 Å². The molecule has 0 bridgehead atoms. The molecule has 1 fully saturated rings. The summed E-state index contributed by atoms with van der Waals surface area (Å²) in [7, 11) is 0. The first-order valence-corrected chi connectivity index (χ1v) is 16.8. The van der Waals surface area contributed by atoms with Crippen molar-refractivity contribution in [2.24, 2.45) is 0 Å². The normalized spacial score (nSPS) is 17.2. The molecule has 0 amide bonds. The summed E-state index contributed by atoms with van der Waals surface area (Å²) in [5, 5.41) is 24.8. The zero-order chi connectivity index (χ0) is 26.6. The minimum atomic E-state index is -2.66. The number of nitrogens with one attached hydrogen (secondary N) is 2. The van der Waals surface area contributed by atoms with Crippen LogP contribution in [0.2, 0.25) is 0 Å². The first kappa shape index (κ1) is 26.5. The van der Waals surface area contributed by atoms with E-state index in [1.807, 2.05) is 56.1 Å². The van der Waals surface area contributed by atoms with E-state index < -0.39 is 23.8 Å². The molecule has 1 atom stereocenters. The van der Waals surface area contributed by atoms with Crippen molar-refractivity contribution in [1.29, 1.82) is 5.26 Å². The number of aryl methyl sites for hydroxylation is 1. The second kappa shape index (κ2) is 10.8. The van der Waals surface area contributed by atoms with Crippen molar-refractivity contribution in [3.05, 3.63) is 64.5 Å². The molecule has 2 N–H and O–H groups in total. The molecule has 192 valence electrons. The first-order chi connectivity index (χ1) is 17.8. The van der Waals surface area contributed by atoms with Gasteiger partial charge in [-0.2, -0.15) is 0 Å². The summed E-state index contributed by atoms with van der Waals surface area (Å²) in [5.41, 5.74) is 6.91. The van der Waals surface area contributed by atoms with E-state index in [-0.39, 0.29) is 0 Å². The van der Waals surface area contributed by atoms with Gasteiger partial charge in [0.25, 0.3) is 0 Å². The third kappa shape index (κ3) is 4.99. The number of aromatic amines is 1. The Bertz CT molecular complexity index is 1500. The van der Waals surface area contributed by atoms with Gasteiger partial charge in [-0.05, 0) is 6.92 Å². The Hall–Kier alpha value is -3.61. The second-order valence-corrected chi connectivity index (χ2v) is 17.2. The van der Waals surface area contributed by atoms with E-state index in [1.54, 1.807) is 0 Å². The average molecular weight is 610 g/mol. The quantitative estimate of drug-likeness (QED) is 0.148. The molecule has 0 spiro atoms. The molecule has 0 saturated carbocycles. The van der Waals surface area contributed by atoms with Gasteiger partial charge in [-0.3, -0.25) is 5.10 Å². The van der Waals surface area contributed by atoms with Crippen molar-refractivity contribution in [2.45, 2.75) is 39.7 Å². The van der Waals surface area contributed by atoms with E-state index in [9.17, 15) is 5.26 Å². The molecule has 37 heavy (non-hydrogen) atoms. The van der Waals surface area contributed by atoms with Crippen LogP contribution >= 0.6 is 18.2 Å². The van der Waals surface area contributed by atoms with Crippen molar-refractivity contribution in [1.82, 2.24) is 33.1 Å². The first-order valence-electron chi connectivity index (χ1n) is 12.0. The molecule has 3 aromatic heterocycles. The van der Waals surface area contributed by atoms with Crippen LogP contribution in [0.4, 0.5) is 11.8 Å². The Labute approximate surface area is 221 Å². The van der Waals surface area contributed by atoms with Crippen LogP contribution in [0, 0.1) is 25.2 Å². The SMILES string of the molecule is C=C=CI(=C=C)(CC)N1CC(CC#N)(n2cc(-c3nc(Nc4cc(C)[nH]n4)nc(/C=C\C)c3C)cn2)C1. The van der Waals surface area contributed by atoms with Gasteiger partial charge in [-0.1, -0.05) is 0 Å². The standard InChI is InChI=1S/C27H32IN9/c1-7-11-23-21(6)25(33-26(31-23)32-24-15-20(5)34-35-24)22-16-30-37(17-22)27(12-14-29)18-36(19-27)28(9-3,10-4)13-8-2/h7,11,13,15-17H,2-3,10,12,18-19H2,1,4-6H3,(H2,31,32,33,34,35)/b11-7-. The number of H-pyrrole nitrogens is 1. The van der Waals surface area contributed by atoms with Gasteiger partial charge in [0.15, 0.2) is 0 Å². The zero-order valence-corrected chi connectivity index (χ0v) is 23.9. The molecule has 9 nitrogen and oxygen atoms in total. The Kier molecular flexibility index (Phi) is 7.71. The molecule has 0 radical (unpaired) electrons. The van der Waals surface area contributed by atoms with Crippen molar-refractivity contribution in [2.75, 3.05) is 22.8 Å². The van der Waals surface area contributed by atoms with Crippen LogP contribution < -0.4 is 5.32 Å². The molecule has 1 aliphatic rings. The van der Waals surface area contributed by atoms with Crippen LogP contribution in [0.15, 0.2) is 47.5 Å². The molecular formula is C27H32IN9. The topological polar surface area (TPSA) is 111 Å². The summed E-state index contributed by atoms with van der Waals surface area (Å²) in [5.74, 6) is 1.10. The Morgan fingerprint density at radius 2 is 2.08 bits per heavy atom. The molecule has 10 heteroatoms. The fraction of sp³-hybridized carbons (Fsp3) is 0.333. The number of alkyl halides is 1. The fourth-order valence-electron chi connectivity index (χ4n) is 4.44. The fourth-order valence-corrected chi connectivity index (χ4v) is 10.7. The number of rotatable bonds is 9. The number of anilines is 2. The van der Waals surface area contributed by atoms with E-state index in [1.165, 1.54) is 0 Å². The number of nitrogens with zero attached hydrogens (tertiary/aromatic N) is 7. The van der Waals surface area contributed by atoms with E-state index in [2.05, 4.69) is 63.2 Å². The molecule has 4 heterocycles. The van der Waals surface area contributed by atoms with E-state index in [0.717, 1.165) is 32.6 Å². The predicted molar refractivity (Wildman–Crippen MR) is 158 cm³/mol. The summed E-state index contributed by atoms with van der Waals surface area (Å²) in [4.78, 5) is 9.49. The van der Waals surface area contributed by atoms with Crippen LogP contribution in [0.5, 0.6) is 0 Å². The maximum atomic E-state index is 9.68. The Balaban J connectivity index is 1.70. The number of hydrogen-bond acceptors (Lipinski definition) is 7. The van der Waals surface area contributed by atoms with E-state index in [4.69, 9.17) is 10.1 Å². The van der Waals surface area contributed by atoms with Crippen LogP contribution in [-0.2, 0) is 5.54 Å². The van der Waals surface area contributed by atoms with E-state index >= 15 is 0 Å². The molecule has 0 aromatic carbocycles. The van der Waals surface area contributed by atoms with E-state index in [0.29, 0.717) is 31.3 Å². The van der Waals surface area contributed by atoms with Crippen LogP contribution in [0.1, 0.15) is 37.2 Å². The zero-order valence-electron chi connectivity index (χ0n) is 21.7. The molecule has 1 aliphatic heterocycles. The predicted octanol–water partition coefficient (Wildman–Crippen LogP) is 5.24. The van der Waals surface area contributed by atoms with Crippen LogP contribution in [0.3, 0.4) is 0 Å². The van der Waals surface area contributed by atoms with Crippen LogP contribution in [0.25, 0.3) is 17.3 Å². The number of allylic oxidation sites excluding steroid dienone is 1. The average Bonchev–Trinajstić information content (AvgIpc) is 3.51. The monoisotopic (exact) mass is 609 g/mol. The molecule has 3 aromatic rings. The van der Waals surface area contributed by atoms with Gasteiger partial charge in [-0.15, -0.1) is 0 Å². The minimum absolute atomic E-state index is 0.359. The third-order valence-corrected chi connectivity index (χ3v) is 14.7. The van der Waals surface area contributed by atoms with Gasteiger partial charge < -0.3 is 0 Å². The summed E-state index contributed by atoms with van der Waals surface area (Å²) in [6.45, 7) is 17.3. The van der Waals surface area contributed by atoms with Crippen molar-refractivity contribution >= 4 is 39.7 Å². The summed E-state index contributed by atoms with van der Waals surface area (Å²) < 4.78 is 10.7. The van der Waals surface area contributed by atoms with Gasteiger partial charge in [-0.25, -0.2) is 0 Å². The summed E-state index contributed by atoms with van der Waals surface area (Å²) in [6.07, 6.45) is 8.08. The number of nitriles is 1. The summed E-state index contributed by atoms with van der Waals surface area (Å²) in [6, 6.07) is 4.27. The third-order valence-electron chi connectivity index (χ3n) is 6.46. The molecular weight excluding hydrogens is 577 g/mol. The van der Waals surface area contributed by atoms with Gasteiger partial charge in [0, 0.05) is 5.69 Å². The molecule has 1 unspecified atom stereocenters. The number of halogens is 1. The Morgan fingerprint density at radius 3 is 2.68 bits per heavy atom. The number of aromatic nitrogens is 6. The van der Waals surface area contributed by atoms with Crippen molar-refractivity contribution in [3.8, 4) is 17.3 Å². The van der Waals surface area contributed by atoms with Gasteiger partial charge >= 0.3 is 205 Å². The van der Waals surface area contributed by atoms with Crippen LogP contribution in [-0.4, -0.2) is 54.2 Å². The van der Waals surface area contributed by atoms with Crippen molar-refractivity contribution in [3.63, 3.8) is 0 Å². The Morgan fingerprint density at radius 1 is 1.30 bits per heavy atom. The maximum absolute atomic E-state index is 9.68. The molecule has 1 saturated heterocycles. The van der Waals surface area contributed by atoms with Crippen molar-refractivity contribution < 1.29 is 0 Å². The number of hydrogen-bond donors (Lipinski definition) is 2. The molecule has 0 aliphatic carbocycles. The summed E-state index contributed by atoms with van der Waals surface area (Å²) >= 11 is -2.66. The van der Waals surface area contributed by atoms with Gasteiger partial charge in [0.1, 0.15) is 0 Å². The second-order valence-electron chi connectivity index (χ2n) is 8.89.